The largest absolute Gasteiger partial charge is 0.496 e. The van der Waals surface area contributed by atoms with Gasteiger partial charge in [-0.3, -0.25) is 9.48 Å². The maximum absolute atomic E-state index is 12.5. The molecule has 0 spiro atoms. The van der Waals surface area contributed by atoms with Crippen LogP contribution >= 0.6 is 0 Å². The first-order valence-electron chi connectivity index (χ1n) is 9.10. The molecule has 0 aliphatic heterocycles. The highest BCUT2D eigenvalue weighted by atomic mass is 16.5. The Bertz CT molecular complexity index is 979. The Morgan fingerprint density at radius 3 is 2.64 bits per heavy atom. The summed E-state index contributed by atoms with van der Waals surface area (Å²) in [5.41, 5.74) is 4.37. The molecule has 1 heterocycles. The Labute approximate surface area is 165 Å². The van der Waals surface area contributed by atoms with E-state index in [0.717, 1.165) is 28.1 Å². The molecular weight excluding hydrogens is 354 g/mol. The zero-order chi connectivity index (χ0) is 20.1. The smallest absolute Gasteiger partial charge is 0.251 e. The number of hydrogen-bond acceptors (Lipinski definition) is 4. The molecule has 0 aliphatic rings. The summed E-state index contributed by atoms with van der Waals surface area (Å²) in [4.78, 5) is 12.5. The number of ether oxygens (including phenoxy) is 2. The number of amides is 1. The van der Waals surface area contributed by atoms with Crippen LogP contribution in [0.4, 0.5) is 0 Å². The van der Waals surface area contributed by atoms with E-state index in [9.17, 15) is 4.79 Å². The van der Waals surface area contributed by atoms with Gasteiger partial charge in [-0.2, -0.15) is 5.10 Å². The van der Waals surface area contributed by atoms with Crippen LogP contribution < -0.4 is 14.8 Å². The summed E-state index contributed by atoms with van der Waals surface area (Å²) >= 11 is 0. The normalized spacial score (nSPS) is 10.6. The summed E-state index contributed by atoms with van der Waals surface area (Å²) in [6.07, 6.45) is 1.84. The van der Waals surface area contributed by atoms with Gasteiger partial charge in [0.05, 0.1) is 19.3 Å². The van der Waals surface area contributed by atoms with Crippen LogP contribution in [0.25, 0.3) is 0 Å². The minimum Gasteiger partial charge on any atom is -0.496 e. The number of nitrogens with zero attached hydrogens (tertiary/aromatic N) is 2. The summed E-state index contributed by atoms with van der Waals surface area (Å²) in [7, 11) is 3.45. The van der Waals surface area contributed by atoms with Crippen LogP contribution in [-0.4, -0.2) is 22.8 Å². The molecule has 1 N–H and O–H groups in total. The third kappa shape index (κ3) is 4.71. The van der Waals surface area contributed by atoms with Gasteiger partial charge in [0.1, 0.15) is 18.1 Å². The zero-order valence-corrected chi connectivity index (χ0v) is 16.7. The van der Waals surface area contributed by atoms with Gasteiger partial charge < -0.3 is 14.8 Å². The number of aryl methyl sites for hydroxylation is 3. The first-order chi connectivity index (χ1) is 13.5. The van der Waals surface area contributed by atoms with E-state index in [-0.39, 0.29) is 5.91 Å². The standard InChI is InChI=1S/C22H25N3O3/c1-15-5-6-16(2)21(11-15)28-14-18-12-17(7-8-20(18)27-4)22(26)23-13-19-9-10-25(3)24-19/h5-12H,13-14H2,1-4H3,(H,23,26). The van der Waals surface area contributed by atoms with Crippen molar-refractivity contribution in [3.8, 4) is 11.5 Å². The van der Waals surface area contributed by atoms with E-state index in [2.05, 4.69) is 16.5 Å². The number of carbonyl (C=O) groups is 1. The van der Waals surface area contributed by atoms with Crippen LogP contribution in [0.5, 0.6) is 11.5 Å². The van der Waals surface area contributed by atoms with Gasteiger partial charge in [-0.05, 0) is 55.3 Å². The highest BCUT2D eigenvalue weighted by molar-refractivity contribution is 5.94. The second-order valence-corrected chi connectivity index (χ2v) is 6.75. The Morgan fingerprint density at radius 1 is 1.11 bits per heavy atom. The molecule has 0 saturated heterocycles. The number of methoxy groups -OCH3 is 1. The van der Waals surface area contributed by atoms with Crippen molar-refractivity contribution in [1.82, 2.24) is 15.1 Å². The third-order valence-corrected chi connectivity index (χ3v) is 4.47. The molecule has 0 bridgehead atoms. The number of carbonyl (C=O) groups excluding carboxylic acids is 1. The molecule has 0 fully saturated rings. The van der Waals surface area contributed by atoms with Gasteiger partial charge in [-0.1, -0.05) is 12.1 Å². The molecule has 1 amide bonds. The second kappa shape index (κ2) is 8.61. The summed E-state index contributed by atoms with van der Waals surface area (Å²) in [6.45, 7) is 4.72. The van der Waals surface area contributed by atoms with Crippen molar-refractivity contribution in [1.29, 1.82) is 0 Å². The molecule has 28 heavy (non-hydrogen) atoms. The third-order valence-electron chi connectivity index (χ3n) is 4.47. The van der Waals surface area contributed by atoms with Gasteiger partial charge in [0.15, 0.2) is 0 Å². The summed E-state index contributed by atoms with van der Waals surface area (Å²) in [6, 6.07) is 13.3. The minimum atomic E-state index is -0.165. The molecule has 0 atom stereocenters. The molecule has 1 aromatic heterocycles. The van der Waals surface area contributed by atoms with Crippen LogP contribution in [0.1, 0.15) is 32.7 Å². The van der Waals surface area contributed by atoms with Gasteiger partial charge >= 0.3 is 0 Å². The number of aromatic nitrogens is 2. The summed E-state index contributed by atoms with van der Waals surface area (Å²) < 4.78 is 13.1. The number of nitrogens with one attached hydrogen (secondary N) is 1. The van der Waals surface area contributed by atoms with Crippen molar-refractivity contribution >= 4 is 5.91 Å². The molecule has 2 aromatic carbocycles. The lowest BCUT2D eigenvalue weighted by atomic mass is 10.1. The van der Waals surface area contributed by atoms with E-state index in [0.29, 0.717) is 24.5 Å². The van der Waals surface area contributed by atoms with Gasteiger partial charge in [0, 0.05) is 24.4 Å². The van der Waals surface area contributed by atoms with Crippen LogP contribution in [0, 0.1) is 13.8 Å². The monoisotopic (exact) mass is 379 g/mol. The first-order valence-corrected chi connectivity index (χ1v) is 9.10. The molecule has 146 valence electrons. The highest BCUT2D eigenvalue weighted by Crippen LogP contribution is 2.25. The molecule has 0 unspecified atom stereocenters. The fourth-order valence-electron chi connectivity index (χ4n) is 2.88. The maximum atomic E-state index is 12.5. The molecule has 0 aliphatic carbocycles. The van der Waals surface area contributed by atoms with Crippen molar-refractivity contribution in [2.75, 3.05) is 7.11 Å². The van der Waals surface area contributed by atoms with Crippen LogP contribution in [0.3, 0.4) is 0 Å². The zero-order valence-electron chi connectivity index (χ0n) is 16.7. The Morgan fingerprint density at radius 2 is 1.93 bits per heavy atom. The fourth-order valence-corrected chi connectivity index (χ4v) is 2.88. The molecule has 6 heteroatoms. The SMILES string of the molecule is COc1ccc(C(=O)NCc2ccn(C)n2)cc1COc1cc(C)ccc1C. The van der Waals surface area contributed by atoms with Gasteiger partial charge in [0.2, 0.25) is 0 Å². The molecule has 0 radical (unpaired) electrons. The average Bonchev–Trinajstić information content (AvgIpc) is 3.11. The van der Waals surface area contributed by atoms with E-state index >= 15 is 0 Å². The van der Waals surface area contributed by atoms with E-state index in [1.807, 2.05) is 45.3 Å². The molecular formula is C22H25N3O3. The first kappa shape index (κ1) is 19.5. The van der Waals surface area contributed by atoms with E-state index in [1.165, 1.54) is 0 Å². The van der Waals surface area contributed by atoms with Crippen LogP contribution in [-0.2, 0) is 20.2 Å². The number of hydrogen-bond donors (Lipinski definition) is 1. The van der Waals surface area contributed by atoms with Crippen molar-refractivity contribution < 1.29 is 14.3 Å². The number of benzene rings is 2. The van der Waals surface area contributed by atoms with Gasteiger partial charge in [0.25, 0.3) is 5.91 Å². The molecule has 3 rings (SSSR count). The topological polar surface area (TPSA) is 65.4 Å². The van der Waals surface area contributed by atoms with Gasteiger partial charge in [-0.15, -0.1) is 0 Å². The lowest BCUT2D eigenvalue weighted by Gasteiger charge is -2.14. The maximum Gasteiger partial charge on any atom is 0.251 e. The minimum absolute atomic E-state index is 0.165. The lowest BCUT2D eigenvalue weighted by Crippen LogP contribution is -2.23. The van der Waals surface area contributed by atoms with E-state index in [4.69, 9.17) is 9.47 Å². The van der Waals surface area contributed by atoms with Crippen molar-refractivity contribution in [2.45, 2.75) is 27.0 Å². The average molecular weight is 379 g/mol. The molecule has 0 saturated carbocycles. The fraction of sp³-hybridized carbons (Fsp3) is 0.273. The van der Waals surface area contributed by atoms with Crippen molar-refractivity contribution in [3.63, 3.8) is 0 Å². The van der Waals surface area contributed by atoms with E-state index in [1.54, 1.807) is 30.0 Å². The van der Waals surface area contributed by atoms with Gasteiger partial charge in [-0.25, -0.2) is 0 Å². The summed E-state index contributed by atoms with van der Waals surface area (Å²) in [5.74, 6) is 1.35. The predicted molar refractivity (Wildman–Crippen MR) is 108 cm³/mol. The van der Waals surface area contributed by atoms with E-state index < -0.39 is 0 Å². The summed E-state index contributed by atoms with van der Waals surface area (Å²) in [5, 5.41) is 7.15. The Balaban J connectivity index is 1.71. The predicted octanol–water partition coefficient (Wildman–Crippen LogP) is 3.55. The van der Waals surface area contributed by atoms with Crippen molar-refractivity contribution in [2.24, 2.45) is 7.05 Å². The molecule has 6 nitrogen and oxygen atoms in total. The Hall–Kier alpha value is -3.28. The highest BCUT2D eigenvalue weighted by Gasteiger charge is 2.12. The van der Waals surface area contributed by atoms with Crippen LogP contribution in [0.2, 0.25) is 0 Å². The quantitative estimate of drug-likeness (QED) is 0.682. The second-order valence-electron chi connectivity index (χ2n) is 6.75. The Kier molecular flexibility index (Phi) is 5.99. The molecule has 3 aromatic rings. The van der Waals surface area contributed by atoms with Crippen LogP contribution in [0.15, 0.2) is 48.7 Å². The van der Waals surface area contributed by atoms with Crippen molar-refractivity contribution in [3.05, 3.63) is 76.6 Å². The number of rotatable bonds is 7. The lowest BCUT2D eigenvalue weighted by molar-refractivity contribution is 0.0950.